The lowest BCUT2D eigenvalue weighted by atomic mass is 10.1. The monoisotopic (exact) mass is 348 g/mol. The topological polar surface area (TPSA) is 50.4 Å². The fourth-order valence-electron chi connectivity index (χ4n) is 1.91. The lowest BCUT2D eigenvalue weighted by Crippen LogP contribution is -2.51. The van der Waals surface area contributed by atoms with Crippen molar-refractivity contribution >= 4 is 34.2 Å². The normalized spacial score (nSPS) is 20.2. The molecule has 0 radical (unpaired) electrons. The van der Waals surface area contributed by atoms with Crippen LogP contribution in [0.3, 0.4) is 0 Å². The molecule has 4 nitrogen and oxygen atoms in total. The molecule has 1 fully saturated rings. The van der Waals surface area contributed by atoms with E-state index < -0.39 is 0 Å². The number of hydrogen-bond acceptors (Lipinski definition) is 3. The number of amides is 1. The number of nitrogens with one attached hydrogen (secondary N) is 2. The SMILES string of the molecule is CC(NC(=O)C1COCCN1)c1cccc(Br)c1.Cl. The second kappa shape index (κ2) is 7.85. The van der Waals surface area contributed by atoms with Crippen molar-refractivity contribution in [1.29, 1.82) is 0 Å². The highest BCUT2D eigenvalue weighted by Crippen LogP contribution is 2.17. The van der Waals surface area contributed by atoms with Gasteiger partial charge in [-0.3, -0.25) is 4.79 Å². The van der Waals surface area contributed by atoms with Gasteiger partial charge in [0.15, 0.2) is 0 Å². The van der Waals surface area contributed by atoms with Crippen LogP contribution in [-0.4, -0.2) is 31.7 Å². The molecule has 6 heteroatoms. The Hall–Kier alpha value is -0.620. The summed E-state index contributed by atoms with van der Waals surface area (Å²) < 4.78 is 6.29. The van der Waals surface area contributed by atoms with Crippen LogP contribution in [0.25, 0.3) is 0 Å². The largest absolute Gasteiger partial charge is 0.378 e. The van der Waals surface area contributed by atoms with Crippen molar-refractivity contribution < 1.29 is 9.53 Å². The number of ether oxygens (including phenoxy) is 1. The Kier molecular flexibility index (Phi) is 6.79. The summed E-state index contributed by atoms with van der Waals surface area (Å²) in [6.07, 6.45) is 0. The zero-order valence-corrected chi connectivity index (χ0v) is 13.1. The molecule has 0 aliphatic carbocycles. The minimum absolute atomic E-state index is 0. The zero-order valence-electron chi connectivity index (χ0n) is 10.7. The van der Waals surface area contributed by atoms with E-state index in [1.807, 2.05) is 31.2 Å². The third-order valence-electron chi connectivity index (χ3n) is 2.95. The highest BCUT2D eigenvalue weighted by atomic mass is 79.9. The van der Waals surface area contributed by atoms with Gasteiger partial charge in [0.2, 0.25) is 5.91 Å². The molecule has 2 unspecified atom stereocenters. The third-order valence-corrected chi connectivity index (χ3v) is 3.44. The quantitative estimate of drug-likeness (QED) is 0.878. The van der Waals surface area contributed by atoms with Crippen molar-refractivity contribution in [2.75, 3.05) is 19.8 Å². The molecule has 2 rings (SSSR count). The van der Waals surface area contributed by atoms with Gasteiger partial charge in [0.1, 0.15) is 6.04 Å². The Morgan fingerprint density at radius 1 is 1.58 bits per heavy atom. The fourth-order valence-corrected chi connectivity index (χ4v) is 2.32. The van der Waals surface area contributed by atoms with E-state index in [0.29, 0.717) is 13.2 Å². The summed E-state index contributed by atoms with van der Waals surface area (Å²) in [5.74, 6) is -0.0119. The van der Waals surface area contributed by atoms with Crippen LogP contribution in [0.15, 0.2) is 28.7 Å². The molecule has 1 aliphatic heterocycles. The highest BCUT2D eigenvalue weighted by Gasteiger charge is 2.22. The first-order valence-electron chi connectivity index (χ1n) is 6.04. The Balaban J connectivity index is 0.00000180. The molecule has 1 aromatic rings. The minimum Gasteiger partial charge on any atom is -0.378 e. The number of morpholine rings is 1. The maximum Gasteiger partial charge on any atom is 0.240 e. The molecule has 1 amide bonds. The van der Waals surface area contributed by atoms with Crippen LogP contribution >= 0.6 is 28.3 Å². The number of carbonyl (C=O) groups excluding carboxylic acids is 1. The molecule has 1 aromatic carbocycles. The average Bonchev–Trinajstić information content (AvgIpc) is 2.39. The molecule has 0 bridgehead atoms. The predicted octanol–water partition coefficient (Wildman–Crippen LogP) is 2.04. The van der Waals surface area contributed by atoms with Crippen molar-refractivity contribution in [3.8, 4) is 0 Å². The molecular formula is C13H18BrClN2O2. The molecular weight excluding hydrogens is 332 g/mol. The third kappa shape index (κ3) is 4.76. The molecule has 1 saturated heterocycles. The van der Waals surface area contributed by atoms with E-state index >= 15 is 0 Å². The Bertz CT molecular complexity index is 425. The summed E-state index contributed by atoms with van der Waals surface area (Å²) >= 11 is 3.43. The van der Waals surface area contributed by atoms with Crippen molar-refractivity contribution in [3.05, 3.63) is 34.3 Å². The molecule has 2 atom stereocenters. The first-order chi connectivity index (χ1) is 8.66. The van der Waals surface area contributed by atoms with Crippen LogP contribution < -0.4 is 10.6 Å². The Morgan fingerprint density at radius 3 is 3.00 bits per heavy atom. The Labute approximate surface area is 127 Å². The molecule has 19 heavy (non-hydrogen) atoms. The number of hydrogen-bond donors (Lipinski definition) is 2. The second-order valence-electron chi connectivity index (χ2n) is 4.37. The number of rotatable bonds is 3. The molecule has 106 valence electrons. The lowest BCUT2D eigenvalue weighted by molar-refractivity contribution is -0.126. The van der Waals surface area contributed by atoms with Crippen LogP contribution in [0.2, 0.25) is 0 Å². The van der Waals surface area contributed by atoms with Gasteiger partial charge >= 0.3 is 0 Å². The van der Waals surface area contributed by atoms with E-state index in [2.05, 4.69) is 26.6 Å². The van der Waals surface area contributed by atoms with Crippen LogP contribution in [0, 0.1) is 0 Å². The fraction of sp³-hybridized carbons (Fsp3) is 0.462. The van der Waals surface area contributed by atoms with Gasteiger partial charge in [0, 0.05) is 11.0 Å². The summed E-state index contributed by atoms with van der Waals surface area (Å²) in [6, 6.07) is 7.68. The van der Waals surface area contributed by atoms with Crippen LogP contribution in [0.1, 0.15) is 18.5 Å². The smallest absolute Gasteiger partial charge is 0.240 e. The molecule has 2 N–H and O–H groups in total. The standard InChI is InChI=1S/C13H17BrN2O2.ClH/c1-9(10-3-2-4-11(14)7-10)16-13(17)12-8-18-6-5-15-12;/h2-4,7,9,12,15H,5-6,8H2,1H3,(H,16,17);1H. The van der Waals surface area contributed by atoms with Gasteiger partial charge in [-0.05, 0) is 24.6 Å². The van der Waals surface area contributed by atoms with Crippen LogP contribution in [0.4, 0.5) is 0 Å². The first kappa shape index (κ1) is 16.4. The maximum absolute atomic E-state index is 12.0. The summed E-state index contributed by atoms with van der Waals surface area (Å²) in [6.45, 7) is 3.81. The molecule has 0 spiro atoms. The number of halogens is 2. The first-order valence-corrected chi connectivity index (χ1v) is 6.83. The van der Waals surface area contributed by atoms with Crippen molar-refractivity contribution in [2.45, 2.75) is 19.0 Å². The van der Waals surface area contributed by atoms with E-state index in [4.69, 9.17) is 4.74 Å². The van der Waals surface area contributed by atoms with Gasteiger partial charge in [-0.2, -0.15) is 0 Å². The average molecular weight is 350 g/mol. The number of carbonyl (C=O) groups is 1. The van der Waals surface area contributed by atoms with Crippen molar-refractivity contribution in [2.24, 2.45) is 0 Å². The van der Waals surface area contributed by atoms with Crippen LogP contribution in [0.5, 0.6) is 0 Å². The van der Waals surface area contributed by atoms with Crippen LogP contribution in [-0.2, 0) is 9.53 Å². The van der Waals surface area contributed by atoms with E-state index in [1.165, 1.54) is 0 Å². The van der Waals surface area contributed by atoms with Gasteiger partial charge in [0.25, 0.3) is 0 Å². The highest BCUT2D eigenvalue weighted by molar-refractivity contribution is 9.10. The Morgan fingerprint density at radius 2 is 2.37 bits per heavy atom. The van der Waals surface area contributed by atoms with E-state index in [9.17, 15) is 4.79 Å². The maximum atomic E-state index is 12.0. The molecule has 0 saturated carbocycles. The summed E-state index contributed by atoms with van der Waals surface area (Å²) in [4.78, 5) is 12.0. The summed E-state index contributed by atoms with van der Waals surface area (Å²) in [5, 5.41) is 6.13. The van der Waals surface area contributed by atoms with Crippen molar-refractivity contribution in [3.63, 3.8) is 0 Å². The van der Waals surface area contributed by atoms with E-state index in [0.717, 1.165) is 16.6 Å². The van der Waals surface area contributed by atoms with Gasteiger partial charge in [-0.15, -0.1) is 12.4 Å². The molecule has 1 aliphatic rings. The minimum atomic E-state index is -0.242. The zero-order chi connectivity index (χ0) is 13.0. The number of benzene rings is 1. The summed E-state index contributed by atoms with van der Waals surface area (Å²) in [5.41, 5.74) is 1.08. The second-order valence-corrected chi connectivity index (χ2v) is 5.28. The van der Waals surface area contributed by atoms with Gasteiger partial charge < -0.3 is 15.4 Å². The summed E-state index contributed by atoms with van der Waals surface area (Å²) in [7, 11) is 0. The lowest BCUT2D eigenvalue weighted by Gasteiger charge is -2.25. The van der Waals surface area contributed by atoms with Crippen molar-refractivity contribution in [1.82, 2.24) is 10.6 Å². The molecule has 0 aromatic heterocycles. The van der Waals surface area contributed by atoms with Gasteiger partial charge in [-0.25, -0.2) is 0 Å². The van der Waals surface area contributed by atoms with E-state index in [-0.39, 0.29) is 30.4 Å². The van der Waals surface area contributed by atoms with E-state index in [1.54, 1.807) is 0 Å². The van der Waals surface area contributed by atoms with Gasteiger partial charge in [-0.1, -0.05) is 28.1 Å². The van der Waals surface area contributed by atoms with Gasteiger partial charge in [0.05, 0.1) is 19.3 Å². The predicted molar refractivity (Wildman–Crippen MR) is 80.6 cm³/mol. The molecule has 1 heterocycles.